The molecule has 5 heteroatoms. The summed E-state index contributed by atoms with van der Waals surface area (Å²) in [6.45, 7) is 3.63. The van der Waals surface area contributed by atoms with E-state index in [0.29, 0.717) is 19.7 Å². The molecule has 0 spiro atoms. The van der Waals surface area contributed by atoms with E-state index in [-0.39, 0.29) is 12.2 Å². The molecule has 0 saturated carbocycles. The standard InChI is InChI=1S/C17H22N2O3/c1-3-21-17(20)19-11-7-13(8-12-19)22-16-6-4-5-15-14(16)9-10-18(15)2/h4-6,9-10,13H,3,7-8,11-12H2,1-2H3. The van der Waals surface area contributed by atoms with Gasteiger partial charge in [0.15, 0.2) is 0 Å². The third kappa shape index (κ3) is 2.89. The van der Waals surface area contributed by atoms with Crippen LogP contribution in [0, 0.1) is 0 Å². The van der Waals surface area contributed by atoms with Crippen molar-refractivity contribution < 1.29 is 14.3 Å². The molecule has 1 amide bonds. The van der Waals surface area contributed by atoms with E-state index in [1.165, 1.54) is 5.52 Å². The van der Waals surface area contributed by atoms with Crippen LogP contribution in [0.5, 0.6) is 5.75 Å². The number of nitrogens with zero attached hydrogens (tertiary/aromatic N) is 2. The molecule has 0 unspecified atom stereocenters. The van der Waals surface area contributed by atoms with Gasteiger partial charge in [-0.05, 0) is 25.1 Å². The van der Waals surface area contributed by atoms with Crippen LogP contribution in [0.4, 0.5) is 4.79 Å². The van der Waals surface area contributed by atoms with Crippen LogP contribution in [-0.2, 0) is 11.8 Å². The summed E-state index contributed by atoms with van der Waals surface area (Å²) >= 11 is 0. The number of hydrogen-bond donors (Lipinski definition) is 0. The minimum Gasteiger partial charge on any atom is -0.490 e. The normalized spacial score (nSPS) is 16.0. The highest BCUT2D eigenvalue weighted by atomic mass is 16.6. The number of carbonyl (C=O) groups excluding carboxylic acids is 1. The van der Waals surface area contributed by atoms with Gasteiger partial charge in [-0.1, -0.05) is 6.07 Å². The Morgan fingerprint density at radius 1 is 1.27 bits per heavy atom. The minimum absolute atomic E-state index is 0.150. The van der Waals surface area contributed by atoms with Crippen LogP contribution < -0.4 is 4.74 Å². The summed E-state index contributed by atoms with van der Waals surface area (Å²) in [6.07, 6.45) is 3.65. The number of aromatic nitrogens is 1. The fourth-order valence-corrected chi connectivity index (χ4v) is 2.93. The molecule has 1 aliphatic heterocycles. The van der Waals surface area contributed by atoms with E-state index >= 15 is 0 Å². The van der Waals surface area contributed by atoms with Crippen molar-refractivity contribution in [3.05, 3.63) is 30.5 Å². The van der Waals surface area contributed by atoms with E-state index in [0.717, 1.165) is 24.0 Å². The van der Waals surface area contributed by atoms with Gasteiger partial charge in [-0.3, -0.25) is 0 Å². The lowest BCUT2D eigenvalue weighted by atomic mass is 10.1. The fraction of sp³-hybridized carbons (Fsp3) is 0.471. The molecule has 1 fully saturated rings. The number of aryl methyl sites for hydroxylation is 1. The Kier molecular flexibility index (Phi) is 4.22. The Morgan fingerprint density at radius 3 is 2.77 bits per heavy atom. The summed E-state index contributed by atoms with van der Waals surface area (Å²) in [5.41, 5.74) is 1.17. The zero-order chi connectivity index (χ0) is 15.5. The van der Waals surface area contributed by atoms with Crippen LogP contribution in [0.25, 0.3) is 10.9 Å². The molecule has 0 bridgehead atoms. The largest absolute Gasteiger partial charge is 0.490 e. The zero-order valence-corrected chi connectivity index (χ0v) is 13.1. The number of rotatable bonds is 3. The molecule has 1 saturated heterocycles. The van der Waals surface area contributed by atoms with E-state index in [2.05, 4.69) is 16.7 Å². The fourth-order valence-electron chi connectivity index (χ4n) is 2.93. The van der Waals surface area contributed by atoms with Gasteiger partial charge in [-0.25, -0.2) is 4.79 Å². The molecule has 0 N–H and O–H groups in total. The second-order valence-electron chi connectivity index (χ2n) is 5.62. The van der Waals surface area contributed by atoms with E-state index in [4.69, 9.17) is 9.47 Å². The van der Waals surface area contributed by atoms with Gasteiger partial charge in [-0.15, -0.1) is 0 Å². The van der Waals surface area contributed by atoms with Crippen LogP contribution in [0.1, 0.15) is 19.8 Å². The van der Waals surface area contributed by atoms with Gasteiger partial charge >= 0.3 is 6.09 Å². The topological polar surface area (TPSA) is 43.7 Å². The van der Waals surface area contributed by atoms with Gasteiger partial charge in [0.05, 0.1) is 12.1 Å². The van der Waals surface area contributed by atoms with Crippen LogP contribution in [0.2, 0.25) is 0 Å². The molecular formula is C17H22N2O3. The predicted molar refractivity (Wildman–Crippen MR) is 85.2 cm³/mol. The monoisotopic (exact) mass is 302 g/mol. The number of piperidine rings is 1. The van der Waals surface area contributed by atoms with Gasteiger partial charge in [0.2, 0.25) is 0 Å². The highest BCUT2D eigenvalue weighted by Crippen LogP contribution is 2.28. The van der Waals surface area contributed by atoms with Crippen molar-refractivity contribution in [2.75, 3.05) is 19.7 Å². The molecule has 22 heavy (non-hydrogen) atoms. The first-order valence-corrected chi connectivity index (χ1v) is 7.81. The molecule has 1 aliphatic rings. The first kappa shape index (κ1) is 14.8. The summed E-state index contributed by atoms with van der Waals surface area (Å²) in [5.74, 6) is 0.924. The average molecular weight is 302 g/mol. The maximum Gasteiger partial charge on any atom is 0.409 e. The van der Waals surface area contributed by atoms with Crippen molar-refractivity contribution in [1.82, 2.24) is 9.47 Å². The Bertz CT molecular complexity index is 657. The van der Waals surface area contributed by atoms with Gasteiger partial charge < -0.3 is 18.9 Å². The summed E-state index contributed by atoms with van der Waals surface area (Å²) in [6, 6.07) is 8.20. The summed E-state index contributed by atoms with van der Waals surface area (Å²) < 4.78 is 13.3. The summed E-state index contributed by atoms with van der Waals surface area (Å²) in [4.78, 5) is 13.5. The van der Waals surface area contributed by atoms with Crippen molar-refractivity contribution in [3.63, 3.8) is 0 Å². The Hall–Kier alpha value is -2.17. The van der Waals surface area contributed by atoms with Crippen LogP contribution in [0.3, 0.4) is 0 Å². The van der Waals surface area contributed by atoms with Crippen LogP contribution >= 0.6 is 0 Å². The molecule has 0 aliphatic carbocycles. The summed E-state index contributed by atoms with van der Waals surface area (Å²) in [5, 5.41) is 1.14. The number of ether oxygens (including phenoxy) is 2. The van der Waals surface area contributed by atoms with Crippen molar-refractivity contribution in [2.45, 2.75) is 25.9 Å². The molecule has 0 radical (unpaired) electrons. The number of hydrogen-bond acceptors (Lipinski definition) is 3. The van der Waals surface area contributed by atoms with Gasteiger partial charge in [0.25, 0.3) is 0 Å². The van der Waals surface area contributed by atoms with Gasteiger partial charge in [0.1, 0.15) is 11.9 Å². The number of amides is 1. The molecule has 2 aromatic rings. The molecule has 3 rings (SSSR count). The van der Waals surface area contributed by atoms with E-state index in [1.54, 1.807) is 4.90 Å². The third-order valence-electron chi connectivity index (χ3n) is 4.15. The first-order valence-electron chi connectivity index (χ1n) is 7.81. The predicted octanol–water partition coefficient (Wildman–Crippen LogP) is 3.18. The van der Waals surface area contributed by atoms with E-state index in [9.17, 15) is 4.79 Å². The van der Waals surface area contributed by atoms with Crippen LogP contribution in [0.15, 0.2) is 30.5 Å². The maximum absolute atomic E-state index is 11.7. The molecule has 0 atom stereocenters. The lowest BCUT2D eigenvalue weighted by Crippen LogP contribution is -2.42. The Balaban J connectivity index is 1.64. The minimum atomic E-state index is -0.217. The smallest absolute Gasteiger partial charge is 0.409 e. The Morgan fingerprint density at radius 2 is 2.05 bits per heavy atom. The van der Waals surface area contributed by atoms with Gasteiger partial charge in [0, 0.05) is 44.6 Å². The molecule has 1 aromatic carbocycles. The van der Waals surface area contributed by atoms with Crippen molar-refractivity contribution in [1.29, 1.82) is 0 Å². The highest BCUT2D eigenvalue weighted by molar-refractivity contribution is 5.86. The van der Waals surface area contributed by atoms with Crippen molar-refractivity contribution in [3.8, 4) is 5.75 Å². The number of carbonyl (C=O) groups is 1. The second-order valence-corrected chi connectivity index (χ2v) is 5.62. The quantitative estimate of drug-likeness (QED) is 0.874. The number of benzene rings is 1. The molecule has 2 heterocycles. The van der Waals surface area contributed by atoms with E-state index in [1.807, 2.05) is 32.3 Å². The highest BCUT2D eigenvalue weighted by Gasteiger charge is 2.25. The summed E-state index contributed by atoms with van der Waals surface area (Å²) in [7, 11) is 2.03. The number of fused-ring (bicyclic) bond motifs is 1. The molecule has 1 aromatic heterocycles. The molecule has 118 valence electrons. The first-order chi connectivity index (χ1) is 10.7. The lowest BCUT2D eigenvalue weighted by molar-refractivity contribution is 0.0708. The SMILES string of the molecule is CCOC(=O)N1CCC(Oc2cccc3c2ccn3C)CC1. The second kappa shape index (κ2) is 6.30. The Labute approximate surface area is 130 Å². The molecule has 5 nitrogen and oxygen atoms in total. The maximum atomic E-state index is 11.7. The third-order valence-corrected chi connectivity index (χ3v) is 4.15. The lowest BCUT2D eigenvalue weighted by Gasteiger charge is -2.31. The van der Waals surface area contributed by atoms with Gasteiger partial charge in [-0.2, -0.15) is 0 Å². The average Bonchev–Trinajstić information content (AvgIpc) is 2.91. The molecular weight excluding hydrogens is 280 g/mol. The zero-order valence-electron chi connectivity index (χ0n) is 13.1. The van der Waals surface area contributed by atoms with Crippen LogP contribution in [-0.4, -0.2) is 41.4 Å². The van der Waals surface area contributed by atoms with E-state index < -0.39 is 0 Å². The van der Waals surface area contributed by atoms with Crippen molar-refractivity contribution in [2.24, 2.45) is 7.05 Å². The van der Waals surface area contributed by atoms with Crippen molar-refractivity contribution >= 4 is 17.0 Å². The number of likely N-dealkylation sites (tertiary alicyclic amines) is 1.